The van der Waals surface area contributed by atoms with Crippen LogP contribution in [0.3, 0.4) is 0 Å². The SMILES string of the molecule is Cn1cc(CN(C(=O)CCl)C2C=CCC2)c(C2CC2)n1. The molecule has 1 aromatic heterocycles. The average molecular weight is 294 g/mol. The second-order valence-electron chi connectivity index (χ2n) is 5.72. The van der Waals surface area contributed by atoms with E-state index in [-0.39, 0.29) is 17.8 Å². The van der Waals surface area contributed by atoms with Crippen LogP contribution in [-0.4, -0.2) is 32.5 Å². The molecule has 1 heterocycles. The van der Waals surface area contributed by atoms with Gasteiger partial charge in [0, 0.05) is 31.3 Å². The normalized spacial score (nSPS) is 21.4. The predicted octanol–water partition coefficient (Wildman–Crippen LogP) is 2.58. The minimum Gasteiger partial charge on any atom is -0.331 e. The van der Waals surface area contributed by atoms with Crippen LogP contribution in [0.4, 0.5) is 0 Å². The summed E-state index contributed by atoms with van der Waals surface area (Å²) in [5.74, 6) is 0.649. The molecule has 2 aliphatic rings. The number of hydrogen-bond acceptors (Lipinski definition) is 2. The molecular weight excluding hydrogens is 274 g/mol. The molecule has 1 unspecified atom stereocenters. The fourth-order valence-electron chi connectivity index (χ4n) is 2.90. The van der Waals surface area contributed by atoms with E-state index < -0.39 is 0 Å². The Hall–Kier alpha value is -1.29. The summed E-state index contributed by atoms with van der Waals surface area (Å²) in [6.45, 7) is 0.625. The van der Waals surface area contributed by atoms with Crippen molar-refractivity contribution in [2.45, 2.75) is 44.2 Å². The van der Waals surface area contributed by atoms with Crippen molar-refractivity contribution in [2.75, 3.05) is 5.88 Å². The highest BCUT2D eigenvalue weighted by molar-refractivity contribution is 6.27. The van der Waals surface area contributed by atoms with E-state index in [1.54, 1.807) is 0 Å². The molecule has 0 N–H and O–H groups in total. The Morgan fingerprint density at radius 2 is 2.30 bits per heavy atom. The summed E-state index contributed by atoms with van der Waals surface area (Å²) in [7, 11) is 1.94. The van der Waals surface area contributed by atoms with Crippen LogP contribution in [0.15, 0.2) is 18.3 Å². The number of allylic oxidation sites excluding steroid dienone is 1. The van der Waals surface area contributed by atoms with Gasteiger partial charge in [-0.15, -0.1) is 11.6 Å². The van der Waals surface area contributed by atoms with E-state index in [0.717, 1.165) is 12.8 Å². The second kappa shape index (κ2) is 5.60. The first-order valence-electron chi connectivity index (χ1n) is 7.23. The zero-order valence-electron chi connectivity index (χ0n) is 11.8. The lowest BCUT2D eigenvalue weighted by Crippen LogP contribution is -2.38. The van der Waals surface area contributed by atoms with Gasteiger partial charge in [-0.25, -0.2) is 0 Å². The molecule has 2 aliphatic carbocycles. The lowest BCUT2D eigenvalue weighted by atomic mass is 10.1. The van der Waals surface area contributed by atoms with Crippen LogP contribution in [0.25, 0.3) is 0 Å². The molecule has 1 saturated carbocycles. The van der Waals surface area contributed by atoms with Crippen LogP contribution < -0.4 is 0 Å². The van der Waals surface area contributed by atoms with Crippen LogP contribution in [0, 0.1) is 0 Å². The Morgan fingerprint density at radius 1 is 1.50 bits per heavy atom. The molecular formula is C15H20ClN3O. The summed E-state index contributed by atoms with van der Waals surface area (Å²) < 4.78 is 1.86. The van der Waals surface area contributed by atoms with Crippen molar-refractivity contribution in [2.24, 2.45) is 7.05 Å². The van der Waals surface area contributed by atoms with Gasteiger partial charge in [0.25, 0.3) is 0 Å². The van der Waals surface area contributed by atoms with Crippen molar-refractivity contribution in [3.63, 3.8) is 0 Å². The van der Waals surface area contributed by atoms with E-state index in [1.165, 1.54) is 24.1 Å². The molecule has 3 rings (SSSR count). The van der Waals surface area contributed by atoms with Gasteiger partial charge in [-0.3, -0.25) is 9.48 Å². The third kappa shape index (κ3) is 2.75. The molecule has 4 nitrogen and oxygen atoms in total. The molecule has 108 valence electrons. The van der Waals surface area contributed by atoms with Crippen LogP contribution >= 0.6 is 11.6 Å². The molecule has 20 heavy (non-hydrogen) atoms. The van der Waals surface area contributed by atoms with Crippen molar-refractivity contribution in [3.05, 3.63) is 29.6 Å². The molecule has 0 radical (unpaired) electrons. The molecule has 0 bridgehead atoms. The maximum Gasteiger partial charge on any atom is 0.238 e. The smallest absolute Gasteiger partial charge is 0.238 e. The summed E-state index contributed by atoms with van der Waals surface area (Å²) in [5, 5.41) is 4.57. The van der Waals surface area contributed by atoms with Crippen molar-refractivity contribution in [1.82, 2.24) is 14.7 Å². The first-order chi connectivity index (χ1) is 9.69. The van der Waals surface area contributed by atoms with Gasteiger partial charge in [0.15, 0.2) is 0 Å². The summed E-state index contributed by atoms with van der Waals surface area (Å²) in [4.78, 5) is 14.0. The van der Waals surface area contributed by atoms with E-state index in [1.807, 2.05) is 22.8 Å². The van der Waals surface area contributed by atoms with Gasteiger partial charge in [-0.1, -0.05) is 12.2 Å². The highest BCUT2D eigenvalue weighted by Gasteiger charge is 2.31. The summed E-state index contributed by atoms with van der Waals surface area (Å²) in [6, 6.07) is 0.188. The first kappa shape index (κ1) is 13.7. The number of halogens is 1. The fraction of sp³-hybridized carbons (Fsp3) is 0.600. The molecule has 1 amide bonds. The predicted molar refractivity (Wildman–Crippen MR) is 78.6 cm³/mol. The Bertz CT molecular complexity index is 533. The van der Waals surface area contributed by atoms with Gasteiger partial charge >= 0.3 is 0 Å². The number of aromatic nitrogens is 2. The topological polar surface area (TPSA) is 38.1 Å². The van der Waals surface area contributed by atoms with E-state index in [9.17, 15) is 4.79 Å². The number of aryl methyl sites for hydroxylation is 1. The van der Waals surface area contributed by atoms with Crippen LogP contribution in [0.1, 0.15) is 42.9 Å². The van der Waals surface area contributed by atoms with Crippen molar-refractivity contribution < 1.29 is 4.79 Å². The van der Waals surface area contributed by atoms with E-state index in [0.29, 0.717) is 12.5 Å². The number of carbonyl (C=O) groups excluding carboxylic acids is 1. The van der Waals surface area contributed by atoms with E-state index in [4.69, 9.17) is 11.6 Å². The first-order valence-corrected chi connectivity index (χ1v) is 7.77. The van der Waals surface area contributed by atoms with Gasteiger partial charge in [-0.2, -0.15) is 5.10 Å². The number of alkyl halides is 1. The Balaban J connectivity index is 1.81. The van der Waals surface area contributed by atoms with Gasteiger partial charge < -0.3 is 4.90 Å². The molecule has 1 aromatic rings. The molecule has 1 atom stereocenters. The summed E-state index contributed by atoms with van der Waals surface area (Å²) in [6.07, 6.45) is 10.8. The van der Waals surface area contributed by atoms with Crippen molar-refractivity contribution >= 4 is 17.5 Å². The number of hydrogen-bond donors (Lipinski definition) is 0. The van der Waals surface area contributed by atoms with Crippen molar-refractivity contribution in [3.8, 4) is 0 Å². The number of rotatable bonds is 5. The minimum absolute atomic E-state index is 0.00816. The Kier molecular flexibility index (Phi) is 3.83. The zero-order chi connectivity index (χ0) is 14.1. The van der Waals surface area contributed by atoms with Gasteiger partial charge in [0.05, 0.1) is 11.7 Å². The highest BCUT2D eigenvalue weighted by atomic mass is 35.5. The van der Waals surface area contributed by atoms with Crippen LogP contribution in [0.2, 0.25) is 0 Å². The molecule has 0 aromatic carbocycles. The molecule has 0 spiro atoms. The van der Waals surface area contributed by atoms with Crippen LogP contribution in [-0.2, 0) is 18.4 Å². The van der Waals surface area contributed by atoms with Gasteiger partial charge in [0.1, 0.15) is 5.88 Å². The average Bonchev–Trinajstić information content (AvgIpc) is 3.01. The second-order valence-corrected chi connectivity index (χ2v) is 5.98. The number of carbonyl (C=O) groups is 1. The lowest BCUT2D eigenvalue weighted by Gasteiger charge is -2.27. The quantitative estimate of drug-likeness (QED) is 0.618. The molecule has 1 fully saturated rings. The molecule has 5 heteroatoms. The van der Waals surface area contributed by atoms with Crippen molar-refractivity contribution in [1.29, 1.82) is 0 Å². The maximum absolute atomic E-state index is 12.1. The summed E-state index contributed by atoms with van der Waals surface area (Å²) >= 11 is 5.78. The van der Waals surface area contributed by atoms with Crippen LogP contribution in [0.5, 0.6) is 0 Å². The fourth-order valence-corrected chi connectivity index (χ4v) is 3.06. The Labute approximate surface area is 124 Å². The lowest BCUT2D eigenvalue weighted by molar-refractivity contribution is -0.130. The third-order valence-corrected chi connectivity index (χ3v) is 4.29. The number of nitrogens with zero attached hydrogens (tertiary/aromatic N) is 3. The summed E-state index contributed by atoms with van der Waals surface area (Å²) in [5.41, 5.74) is 2.34. The standard InChI is InChI=1S/C15H20ClN3O/c1-18-9-12(15(17-18)11-6-7-11)10-19(14(20)8-16)13-4-2-3-5-13/h2,4,9,11,13H,3,5-8,10H2,1H3. The zero-order valence-corrected chi connectivity index (χ0v) is 12.5. The maximum atomic E-state index is 12.1. The molecule has 0 aliphatic heterocycles. The van der Waals surface area contributed by atoms with Gasteiger partial charge in [0.2, 0.25) is 5.91 Å². The van der Waals surface area contributed by atoms with E-state index >= 15 is 0 Å². The third-order valence-electron chi connectivity index (χ3n) is 4.06. The largest absolute Gasteiger partial charge is 0.331 e. The highest BCUT2D eigenvalue weighted by Crippen LogP contribution is 2.41. The minimum atomic E-state index is 0.00816. The molecule has 0 saturated heterocycles. The van der Waals surface area contributed by atoms with Gasteiger partial charge in [-0.05, 0) is 25.7 Å². The Morgan fingerprint density at radius 3 is 2.90 bits per heavy atom. The number of amides is 1. The van der Waals surface area contributed by atoms with E-state index in [2.05, 4.69) is 17.3 Å². The monoisotopic (exact) mass is 293 g/mol.